The lowest BCUT2D eigenvalue weighted by atomic mass is 10.1. The fraction of sp³-hybridized carbons (Fsp3) is 0. The number of nitriles is 1. The van der Waals surface area contributed by atoms with Gasteiger partial charge in [-0.25, -0.2) is 4.79 Å². The highest BCUT2D eigenvalue weighted by Gasteiger charge is 2.08. The zero-order chi connectivity index (χ0) is 17.8. The Morgan fingerprint density at radius 2 is 1.84 bits per heavy atom. The van der Waals surface area contributed by atoms with Crippen LogP contribution in [-0.4, -0.2) is 15.6 Å². The first-order chi connectivity index (χ1) is 12.1. The number of carboxylic acids is 1. The molecule has 0 radical (unpaired) electrons. The molecular weight excluding hydrogens is 380 g/mol. The average Bonchev–Trinajstić information content (AvgIpc) is 3.09. The molecule has 1 heterocycles. The van der Waals surface area contributed by atoms with Crippen molar-refractivity contribution in [1.82, 2.24) is 4.57 Å². The van der Waals surface area contributed by atoms with Crippen LogP contribution < -0.4 is 0 Å². The van der Waals surface area contributed by atoms with Crippen LogP contribution in [0.5, 0.6) is 0 Å². The standard InChI is InChI=1S/C20H13BrN2O2/c21-17-8-6-14(7-9-17)16(13-22)12-19-5-2-10-23(19)18-4-1-3-15(11-18)20(24)25/h1-12H,(H,24,25). The number of hydrogen-bond donors (Lipinski definition) is 1. The van der Waals surface area contributed by atoms with Gasteiger partial charge in [-0.15, -0.1) is 0 Å². The van der Waals surface area contributed by atoms with Crippen LogP contribution in [0.2, 0.25) is 0 Å². The number of carboxylic acid groups (broad SMARTS) is 1. The minimum absolute atomic E-state index is 0.217. The monoisotopic (exact) mass is 392 g/mol. The summed E-state index contributed by atoms with van der Waals surface area (Å²) in [6.45, 7) is 0. The molecule has 0 aliphatic carbocycles. The molecule has 1 aromatic heterocycles. The molecule has 4 nitrogen and oxygen atoms in total. The van der Waals surface area contributed by atoms with Gasteiger partial charge in [0.25, 0.3) is 0 Å². The SMILES string of the molecule is N#CC(=Cc1cccn1-c1cccc(C(=O)O)c1)c1ccc(Br)cc1. The third-order valence-corrected chi connectivity index (χ3v) is 4.25. The summed E-state index contributed by atoms with van der Waals surface area (Å²) in [4.78, 5) is 11.2. The van der Waals surface area contributed by atoms with Gasteiger partial charge in [-0.2, -0.15) is 5.26 Å². The van der Waals surface area contributed by atoms with Crippen LogP contribution in [0, 0.1) is 11.3 Å². The zero-order valence-corrected chi connectivity index (χ0v) is 14.6. The van der Waals surface area contributed by atoms with Crippen LogP contribution in [0.25, 0.3) is 17.3 Å². The van der Waals surface area contributed by atoms with E-state index in [2.05, 4.69) is 22.0 Å². The quantitative estimate of drug-likeness (QED) is 0.635. The molecule has 0 saturated carbocycles. The first-order valence-electron chi connectivity index (χ1n) is 7.47. The molecule has 0 aliphatic rings. The first-order valence-corrected chi connectivity index (χ1v) is 8.26. The van der Waals surface area contributed by atoms with Crippen LogP contribution in [0.15, 0.2) is 71.3 Å². The predicted octanol–water partition coefficient (Wildman–Crippen LogP) is 5.00. The van der Waals surface area contributed by atoms with Gasteiger partial charge >= 0.3 is 5.97 Å². The summed E-state index contributed by atoms with van der Waals surface area (Å²) in [5.41, 5.74) is 3.08. The molecule has 3 aromatic rings. The van der Waals surface area contributed by atoms with E-state index >= 15 is 0 Å². The molecule has 122 valence electrons. The molecule has 0 fully saturated rings. The summed E-state index contributed by atoms with van der Waals surface area (Å²) >= 11 is 3.38. The maximum absolute atomic E-state index is 11.2. The van der Waals surface area contributed by atoms with Crippen LogP contribution in [-0.2, 0) is 0 Å². The highest BCUT2D eigenvalue weighted by molar-refractivity contribution is 9.10. The number of halogens is 1. The highest BCUT2D eigenvalue weighted by atomic mass is 79.9. The van der Waals surface area contributed by atoms with Crippen molar-refractivity contribution in [3.8, 4) is 11.8 Å². The third kappa shape index (κ3) is 3.70. The van der Waals surface area contributed by atoms with Crippen molar-refractivity contribution < 1.29 is 9.90 Å². The van der Waals surface area contributed by atoms with Gasteiger partial charge in [-0.1, -0.05) is 34.1 Å². The van der Waals surface area contributed by atoms with E-state index in [-0.39, 0.29) is 5.56 Å². The molecule has 0 spiro atoms. The number of carbonyl (C=O) groups is 1. The summed E-state index contributed by atoms with van der Waals surface area (Å²) in [6.07, 6.45) is 3.63. The van der Waals surface area contributed by atoms with Gasteiger partial charge in [0.1, 0.15) is 0 Å². The first kappa shape index (κ1) is 16.7. The fourth-order valence-electron chi connectivity index (χ4n) is 2.49. The van der Waals surface area contributed by atoms with Gasteiger partial charge in [0.05, 0.1) is 17.2 Å². The molecule has 0 aliphatic heterocycles. The van der Waals surface area contributed by atoms with E-state index in [0.29, 0.717) is 5.57 Å². The van der Waals surface area contributed by atoms with Crippen LogP contribution in [0.3, 0.4) is 0 Å². The Morgan fingerprint density at radius 3 is 2.52 bits per heavy atom. The minimum atomic E-state index is -0.973. The lowest BCUT2D eigenvalue weighted by Crippen LogP contribution is -2.00. The van der Waals surface area contributed by atoms with Gasteiger partial charge in [-0.3, -0.25) is 0 Å². The van der Waals surface area contributed by atoms with Crippen molar-refractivity contribution in [3.05, 3.63) is 88.2 Å². The Balaban J connectivity index is 2.04. The van der Waals surface area contributed by atoms with E-state index in [1.165, 1.54) is 0 Å². The lowest BCUT2D eigenvalue weighted by molar-refractivity contribution is 0.0697. The van der Waals surface area contributed by atoms with Crippen molar-refractivity contribution in [1.29, 1.82) is 5.26 Å². The number of rotatable bonds is 4. The number of aromatic nitrogens is 1. The number of allylic oxidation sites excluding steroid dienone is 1. The number of aromatic carboxylic acids is 1. The highest BCUT2D eigenvalue weighted by Crippen LogP contribution is 2.22. The summed E-state index contributed by atoms with van der Waals surface area (Å²) in [5, 5.41) is 18.7. The normalized spacial score (nSPS) is 11.1. The second-order valence-electron chi connectivity index (χ2n) is 5.34. The largest absolute Gasteiger partial charge is 0.478 e. The Bertz CT molecular complexity index is 995. The van der Waals surface area contributed by atoms with Crippen molar-refractivity contribution >= 4 is 33.5 Å². The average molecular weight is 393 g/mol. The van der Waals surface area contributed by atoms with Crippen molar-refractivity contribution in [2.75, 3.05) is 0 Å². The molecule has 0 unspecified atom stereocenters. The molecule has 0 atom stereocenters. The lowest BCUT2D eigenvalue weighted by Gasteiger charge is -2.08. The maximum atomic E-state index is 11.2. The molecule has 1 N–H and O–H groups in total. The van der Waals surface area contributed by atoms with E-state index in [9.17, 15) is 10.1 Å². The van der Waals surface area contributed by atoms with E-state index in [4.69, 9.17) is 5.11 Å². The molecule has 25 heavy (non-hydrogen) atoms. The molecule has 0 saturated heterocycles. The van der Waals surface area contributed by atoms with Crippen molar-refractivity contribution in [2.45, 2.75) is 0 Å². The molecule has 2 aromatic carbocycles. The Labute approximate surface area is 153 Å². The molecule has 0 amide bonds. The number of hydrogen-bond acceptors (Lipinski definition) is 2. The van der Waals surface area contributed by atoms with Gasteiger partial charge in [0, 0.05) is 22.1 Å². The van der Waals surface area contributed by atoms with Crippen LogP contribution in [0.4, 0.5) is 0 Å². The molecule has 0 bridgehead atoms. The smallest absolute Gasteiger partial charge is 0.335 e. The number of benzene rings is 2. The fourth-order valence-corrected chi connectivity index (χ4v) is 2.76. The van der Waals surface area contributed by atoms with Crippen molar-refractivity contribution in [2.24, 2.45) is 0 Å². The second kappa shape index (κ2) is 7.20. The molecule has 3 rings (SSSR count). The summed E-state index contributed by atoms with van der Waals surface area (Å²) in [6, 6.07) is 20.2. The van der Waals surface area contributed by atoms with E-state index in [0.717, 1.165) is 21.4 Å². The second-order valence-corrected chi connectivity index (χ2v) is 6.25. The summed E-state index contributed by atoms with van der Waals surface area (Å²) in [5.74, 6) is -0.973. The number of nitrogens with zero attached hydrogens (tertiary/aromatic N) is 2. The topological polar surface area (TPSA) is 66.0 Å². The van der Waals surface area contributed by atoms with E-state index in [1.807, 2.05) is 53.2 Å². The van der Waals surface area contributed by atoms with E-state index < -0.39 is 5.97 Å². The van der Waals surface area contributed by atoms with Gasteiger partial charge in [0.2, 0.25) is 0 Å². The molecular formula is C20H13BrN2O2. The van der Waals surface area contributed by atoms with E-state index in [1.54, 1.807) is 24.3 Å². The molecule has 5 heteroatoms. The summed E-state index contributed by atoms with van der Waals surface area (Å²) in [7, 11) is 0. The zero-order valence-electron chi connectivity index (χ0n) is 13.1. The summed E-state index contributed by atoms with van der Waals surface area (Å²) < 4.78 is 2.80. The Morgan fingerprint density at radius 1 is 1.08 bits per heavy atom. The van der Waals surface area contributed by atoms with Crippen LogP contribution in [0.1, 0.15) is 21.6 Å². The van der Waals surface area contributed by atoms with Crippen molar-refractivity contribution in [3.63, 3.8) is 0 Å². The van der Waals surface area contributed by atoms with Crippen LogP contribution >= 0.6 is 15.9 Å². The Hall–Kier alpha value is -3.10. The third-order valence-electron chi connectivity index (χ3n) is 3.72. The van der Waals surface area contributed by atoms with Gasteiger partial charge in [0.15, 0.2) is 0 Å². The predicted molar refractivity (Wildman–Crippen MR) is 100 cm³/mol. The van der Waals surface area contributed by atoms with Gasteiger partial charge < -0.3 is 9.67 Å². The van der Waals surface area contributed by atoms with Gasteiger partial charge in [-0.05, 0) is 54.1 Å². The maximum Gasteiger partial charge on any atom is 0.335 e. The Kier molecular flexibility index (Phi) is 4.82. The minimum Gasteiger partial charge on any atom is -0.478 e.